The normalized spacial score (nSPS) is 20.4. The third-order valence-electron chi connectivity index (χ3n) is 2.05. The minimum absolute atomic E-state index is 0.00655. The van der Waals surface area contributed by atoms with Crippen molar-refractivity contribution in [2.24, 2.45) is 0 Å². The summed E-state index contributed by atoms with van der Waals surface area (Å²) >= 11 is 0. The molecule has 3 nitrogen and oxygen atoms in total. The second-order valence-corrected chi connectivity index (χ2v) is 3.29. The van der Waals surface area contributed by atoms with Crippen LogP contribution in [0.4, 0.5) is 13.2 Å². The number of amides is 1. The number of allylic oxidation sites excluding steroid dienone is 2. The van der Waals surface area contributed by atoms with E-state index in [1.54, 1.807) is 6.92 Å². The first kappa shape index (κ1) is 9.82. The van der Waals surface area contributed by atoms with Crippen LogP contribution >= 0.6 is 0 Å². The zero-order valence-corrected chi connectivity index (χ0v) is 7.72. The van der Waals surface area contributed by atoms with Crippen molar-refractivity contribution in [3.8, 4) is 0 Å². The Hall–Kier alpha value is -1.72. The van der Waals surface area contributed by atoms with Gasteiger partial charge < -0.3 is 0 Å². The Labute approximate surface area is 82.9 Å². The van der Waals surface area contributed by atoms with E-state index in [-0.39, 0.29) is 5.70 Å². The van der Waals surface area contributed by atoms with Crippen LogP contribution in [0.3, 0.4) is 0 Å². The van der Waals surface area contributed by atoms with Crippen molar-refractivity contribution in [1.82, 2.24) is 0 Å². The summed E-state index contributed by atoms with van der Waals surface area (Å²) in [6, 6.07) is 0. The molecular formula is C9H7F3N2O+2. The van der Waals surface area contributed by atoms with Crippen LogP contribution < -0.4 is 4.99 Å². The van der Waals surface area contributed by atoms with Gasteiger partial charge in [0.05, 0.1) is 0 Å². The van der Waals surface area contributed by atoms with Gasteiger partial charge >= 0.3 is 17.8 Å². The van der Waals surface area contributed by atoms with Gasteiger partial charge in [0.1, 0.15) is 5.57 Å². The molecule has 15 heavy (non-hydrogen) atoms. The number of carbonyl (C=O) groups is 1. The largest absolute Gasteiger partial charge is 0.482 e. The predicted molar refractivity (Wildman–Crippen MR) is 45.2 cm³/mol. The maximum absolute atomic E-state index is 12.3. The molecule has 0 atom stereocenters. The van der Waals surface area contributed by atoms with Crippen molar-refractivity contribution in [3.63, 3.8) is 0 Å². The number of nitrogens with one attached hydrogen (secondary N) is 1. The summed E-state index contributed by atoms with van der Waals surface area (Å²) in [7, 11) is 0. The number of carbonyl (C=O) groups excluding carboxylic acids is 1. The number of fused-ring (bicyclic) bond motifs is 1. The zero-order chi connectivity index (χ0) is 11.2. The summed E-state index contributed by atoms with van der Waals surface area (Å²) in [4.78, 5) is 13.7. The Morgan fingerprint density at radius 3 is 2.67 bits per heavy atom. The van der Waals surface area contributed by atoms with Crippen LogP contribution in [0.5, 0.6) is 0 Å². The average Bonchev–Trinajstić information content (AvgIpc) is 2.46. The Kier molecular flexibility index (Phi) is 1.89. The molecule has 1 amide bonds. The minimum atomic E-state index is -4.42. The molecule has 0 unspecified atom stereocenters. The van der Waals surface area contributed by atoms with Gasteiger partial charge in [-0.15, -0.1) is 0 Å². The summed E-state index contributed by atoms with van der Waals surface area (Å²) in [5, 5.41) is 0. The maximum Gasteiger partial charge on any atom is 0.482 e. The van der Waals surface area contributed by atoms with Gasteiger partial charge in [0.15, 0.2) is 6.20 Å². The van der Waals surface area contributed by atoms with E-state index in [4.69, 9.17) is 0 Å². The van der Waals surface area contributed by atoms with Crippen molar-refractivity contribution < 1.29 is 27.5 Å². The lowest BCUT2D eigenvalue weighted by atomic mass is 10.2. The fourth-order valence-electron chi connectivity index (χ4n) is 1.41. The highest BCUT2D eigenvalue weighted by Crippen LogP contribution is 2.30. The number of rotatable bonds is 0. The lowest BCUT2D eigenvalue weighted by molar-refractivity contribution is -0.443. The molecular weight excluding hydrogens is 209 g/mol. The molecule has 6 heteroatoms. The quantitative estimate of drug-likeness (QED) is 0.544. The molecule has 2 rings (SSSR count). The first-order valence-electron chi connectivity index (χ1n) is 4.17. The van der Waals surface area contributed by atoms with Crippen LogP contribution in [0.2, 0.25) is 0 Å². The zero-order valence-electron chi connectivity index (χ0n) is 7.72. The van der Waals surface area contributed by atoms with E-state index in [1.165, 1.54) is 10.8 Å². The van der Waals surface area contributed by atoms with Crippen molar-refractivity contribution in [3.05, 3.63) is 23.5 Å². The Bertz CT molecular complexity index is 466. The molecule has 0 aromatic rings. The van der Waals surface area contributed by atoms with Crippen LogP contribution in [-0.2, 0) is 4.79 Å². The molecule has 0 saturated heterocycles. The van der Waals surface area contributed by atoms with E-state index in [1.807, 2.05) is 0 Å². The Morgan fingerprint density at radius 1 is 1.40 bits per heavy atom. The first-order valence-corrected chi connectivity index (χ1v) is 4.17. The standard InChI is InChI=1S/C9H6F3N2O/c1-5-3-14-4-6(9(10,11)12)2-7(14)8(15)13-5/h2-4H,1H3/q+1/p+1. The minimum Gasteiger partial charge on any atom is -0.207 e. The van der Waals surface area contributed by atoms with Crippen molar-refractivity contribution in [2.75, 3.05) is 0 Å². The molecule has 0 saturated carbocycles. The fourth-order valence-corrected chi connectivity index (χ4v) is 1.41. The van der Waals surface area contributed by atoms with Crippen LogP contribution in [0.25, 0.3) is 0 Å². The molecule has 2 aliphatic rings. The summed E-state index contributed by atoms with van der Waals surface area (Å²) < 4.78 is 38.2. The monoisotopic (exact) mass is 216 g/mol. The second kappa shape index (κ2) is 2.88. The molecule has 2 heterocycles. The predicted octanol–water partition coefficient (Wildman–Crippen LogP) is -0.505. The van der Waals surface area contributed by atoms with E-state index in [0.29, 0.717) is 5.71 Å². The third-order valence-corrected chi connectivity index (χ3v) is 2.05. The molecule has 0 fully saturated rings. The van der Waals surface area contributed by atoms with E-state index in [0.717, 1.165) is 12.3 Å². The molecule has 0 spiro atoms. The average molecular weight is 216 g/mol. The number of nitrogens with zero attached hydrogens (tertiary/aromatic N) is 1. The third kappa shape index (κ3) is 1.62. The molecule has 0 bridgehead atoms. The van der Waals surface area contributed by atoms with Gasteiger partial charge in [0.25, 0.3) is 0 Å². The molecule has 78 valence electrons. The van der Waals surface area contributed by atoms with Crippen LogP contribution in [-0.4, -0.2) is 28.6 Å². The van der Waals surface area contributed by atoms with Gasteiger partial charge in [-0.2, -0.15) is 22.7 Å². The highest BCUT2D eigenvalue weighted by molar-refractivity contribution is 6.26. The highest BCUT2D eigenvalue weighted by atomic mass is 19.4. The number of hydrogen-bond donors (Lipinski definition) is 1. The molecule has 0 radical (unpaired) electrons. The molecule has 0 aromatic heterocycles. The molecule has 1 N–H and O–H groups in total. The molecule has 0 aromatic carbocycles. The molecule has 2 aliphatic heterocycles. The summed E-state index contributed by atoms with van der Waals surface area (Å²) in [5.41, 5.74) is -0.316. The highest BCUT2D eigenvalue weighted by Gasteiger charge is 2.44. The van der Waals surface area contributed by atoms with Crippen LogP contribution in [0.15, 0.2) is 23.5 Å². The van der Waals surface area contributed by atoms with E-state index in [2.05, 4.69) is 4.99 Å². The first-order chi connectivity index (χ1) is 6.88. The van der Waals surface area contributed by atoms with Gasteiger partial charge in [0.2, 0.25) is 11.9 Å². The van der Waals surface area contributed by atoms with Gasteiger partial charge in [-0.1, -0.05) is 0 Å². The second-order valence-electron chi connectivity index (χ2n) is 3.29. The van der Waals surface area contributed by atoms with E-state index < -0.39 is 17.7 Å². The van der Waals surface area contributed by atoms with Gasteiger partial charge in [-0.25, -0.2) is 4.79 Å². The number of alkyl halides is 3. The topological polar surface area (TPSA) is 34.0 Å². The van der Waals surface area contributed by atoms with Crippen LogP contribution in [0, 0.1) is 0 Å². The summed E-state index contributed by atoms with van der Waals surface area (Å²) in [5.74, 6) is -0.523. The van der Waals surface area contributed by atoms with Gasteiger partial charge in [-0.05, 0) is 0 Å². The lowest BCUT2D eigenvalue weighted by Crippen LogP contribution is -2.80. The van der Waals surface area contributed by atoms with Crippen LogP contribution in [0.1, 0.15) is 6.92 Å². The van der Waals surface area contributed by atoms with Crippen molar-refractivity contribution in [1.29, 1.82) is 0 Å². The fraction of sp³-hybridized carbons (Fsp3) is 0.222. The number of halogens is 3. The summed E-state index contributed by atoms with van der Waals surface area (Å²) in [6.45, 7) is 1.61. The molecule has 0 aliphatic carbocycles. The Morgan fingerprint density at radius 2 is 2.07 bits per heavy atom. The van der Waals surface area contributed by atoms with Crippen molar-refractivity contribution in [2.45, 2.75) is 13.1 Å². The van der Waals surface area contributed by atoms with Gasteiger partial charge in [0, 0.05) is 13.0 Å². The van der Waals surface area contributed by atoms with Crippen molar-refractivity contribution >= 4 is 17.8 Å². The van der Waals surface area contributed by atoms with E-state index >= 15 is 0 Å². The lowest BCUT2D eigenvalue weighted by Gasteiger charge is -1.99. The SMILES string of the molecule is CC1=[NH+]C(=O)C2=CC(C(F)(F)F)=C[N+]2=C1. The van der Waals surface area contributed by atoms with E-state index in [9.17, 15) is 18.0 Å². The maximum atomic E-state index is 12.3. The van der Waals surface area contributed by atoms with Gasteiger partial charge in [-0.3, -0.25) is 0 Å². The number of hydrogen-bond acceptors (Lipinski definition) is 1. The Balaban J connectivity index is 2.46. The smallest absolute Gasteiger partial charge is 0.207 e. The summed E-state index contributed by atoms with van der Waals surface area (Å²) in [6.07, 6.45) is -1.26.